The molecule has 0 saturated carbocycles. The lowest BCUT2D eigenvalue weighted by Gasteiger charge is -2.29. The van der Waals surface area contributed by atoms with E-state index < -0.39 is 0 Å². The smallest absolute Gasteiger partial charge is 0.153 e. The molecule has 1 fully saturated rings. The molecule has 1 saturated heterocycles. The predicted octanol–water partition coefficient (Wildman–Crippen LogP) is 4.21. The molecule has 0 unspecified atom stereocenters. The maximum absolute atomic E-state index is 6.18. The Morgan fingerprint density at radius 3 is 2.69 bits per heavy atom. The van der Waals surface area contributed by atoms with Crippen LogP contribution in [0, 0.1) is 0 Å². The van der Waals surface area contributed by atoms with Crippen LogP contribution in [0.4, 0.5) is 11.6 Å². The molecule has 4 rings (SSSR count). The van der Waals surface area contributed by atoms with Gasteiger partial charge in [-0.3, -0.25) is 10.1 Å². The van der Waals surface area contributed by atoms with E-state index in [4.69, 9.17) is 4.74 Å². The predicted molar refractivity (Wildman–Crippen MR) is 115 cm³/mol. The average molecular weight is 393 g/mol. The van der Waals surface area contributed by atoms with Gasteiger partial charge >= 0.3 is 0 Å². The van der Waals surface area contributed by atoms with E-state index in [2.05, 4.69) is 69.5 Å². The van der Waals surface area contributed by atoms with Crippen molar-refractivity contribution in [2.45, 2.75) is 38.7 Å². The van der Waals surface area contributed by atoms with Gasteiger partial charge in [0.15, 0.2) is 5.82 Å². The SMILES string of the molecule is CC(C)Oc1cc(C2CCN(C)CC2)ccc1-c1cc(Nc2cnccn2)n[nH]1. The summed E-state index contributed by atoms with van der Waals surface area (Å²) < 4.78 is 6.18. The van der Waals surface area contributed by atoms with Crippen molar-refractivity contribution in [3.8, 4) is 17.0 Å². The van der Waals surface area contributed by atoms with Gasteiger partial charge in [-0.25, -0.2) is 4.98 Å². The number of ether oxygens (including phenoxy) is 1. The van der Waals surface area contributed by atoms with Crippen molar-refractivity contribution in [2.75, 3.05) is 25.5 Å². The Balaban J connectivity index is 1.59. The maximum atomic E-state index is 6.18. The Morgan fingerprint density at radius 2 is 1.97 bits per heavy atom. The summed E-state index contributed by atoms with van der Waals surface area (Å²) in [6.07, 6.45) is 7.43. The van der Waals surface area contributed by atoms with E-state index in [9.17, 15) is 0 Å². The lowest BCUT2D eigenvalue weighted by molar-refractivity contribution is 0.241. The number of benzene rings is 1. The van der Waals surface area contributed by atoms with Crippen LogP contribution in [0.15, 0.2) is 42.9 Å². The minimum absolute atomic E-state index is 0.0987. The molecule has 0 atom stereocenters. The zero-order valence-electron chi connectivity index (χ0n) is 17.2. The summed E-state index contributed by atoms with van der Waals surface area (Å²) >= 11 is 0. The zero-order chi connectivity index (χ0) is 20.2. The number of nitrogens with zero attached hydrogens (tertiary/aromatic N) is 4. The molecular weight excluding hydrogens is 364 g/mol. The minimum Gasteiger partial charge on any atom is -0.490 e. The van der Waals surface area contributed by atoms with Gasteiger partial charge in [-0.05, 0) is 70.4 Å². The molecule has 7 heteroatoms. The largest absolute Gasteiger partial charge is 0.490 e. The fraction of sp³-hybridized carbons (Fsp3) is 0.409. The lowest BCUT2D eigenvalue weighted by Crippen LogP contribution is -2.29. The minimum atomic E-state index is 0.0987. The van der Waals surface area contributed by atoms with Crippen LogP contribution in [0.5, 0.6) is 5.75 Å². The lowest BCUT2D eigenvalue weighted by atomic mass is 9.88. The first-order valence-corrected chi connectivity index (χ1v) is 10.2. The standard InChI is InChI=1S/C22H28N6O/c1-15(2)29-20-12-17(16-6-10-28(3)11-7-16)4-5-18(20)19-13-21(27-26-19)25-22-14-23-8-9-24-22/h4-5,8-9,12-16H,6-7,10-11H2,1-3H3,(H2,24,25,26,27). The Kier molecular flexibility index (Phi) is 5.76. The molecule has 7 nitrogen and oxygen atoms in total. The number of piperidine rings is 1. The highest BCUT2D eigenvalue weighted by atomic mass is 16.5. The number of hydrogen-bond acceptors (Lipinski definition) is 6. The first kappa shape index (κ1) is 19.4. The molecule has 0 amide bonds. The second-order valence-corrected chi connectivity index (χ2v) is 7.88. The fourth-order valence-electron chi connectivity index (χ4n) is 3.73. The molecule has 3 heterocycles. The number of nitrogens with one attached hydrogen (secondary N) is 2. The Hall–Kier alpha value is -2.93. The van der Waals surface area contributed by atoms with Gasteiger partial charge in [0.25, 0.3) is 0 Å². The molecule has 0 spiro atoms. The summed E-state index contributed by atoms with van der Waals surface area (Å²) in [6, 6.07) is 8.55. The van der Waals surface area contributed by atoms with E-state index in [0.717, 1.165) is 30.1 Å². The molecule has 2 N–H and O–H groups in total. The van der Waals surface area contributed by atoms with Gasteiger partial charge in [-0.2, -0.15) is 5.10 Å². The van der Waals surface area contributed by atoms with Gasteiger partial charge in [0.05, 0.1) is 18.0 Å². The highest BCUT2D eigenvalue weighted by molar-refractivity contribution is 5.71. The number of rotatable bonds is 6. The van der Waals surface area contributed by atoms with Gasteiger partial charge in [0.2, 0.25) is 0 Å². The Bertz CT molecular complexity index is 931. The van der Waals surface area contributed by atoms with Crippen LogP contribution in [0.2, 0.25) is 0 Å². The molecule has 3 aromatic rings. The second kappa shape index (κ2) is 8.61. The highest BCUT2D eigenvalue weighted by Gasteiger charge is 2.21. The average Bonchev–Trinajstić information content (AvgIpc) is 3.17. The third-order valence-corrected chi connectivity index (χ3v) is 5.25. The normalized spacial score (nSPS) is 15.6. The summed E-state index contributed by atoms with van der Waals surface area (Å²) in [5.41, 5.74) is 3.27. The topological polar surface area (TPSA) is 79.0 Å². The molecular formula is C22H28N6O. The summed E-state index contributed by atoms with van der Waals surface area (Å²) in [6.45, 7) is 6.40. The van der Waals surface area contributed by atoms with Crippen molar-refractivity contribution in [3.05, 3.63) is 48.4 Å². The third-order valence-electron chi connectivity index (χ3n) is 5.25. The van der Waals surface area contributed by atoms with E-state index in [1.54, 1.807) is 18.6 Å². The summed E-state index contributed by atoms with van der Waals surface area (Å²) in [5.74, 6) is 2.83. The number of hydrogen-bond donors (Lipinski definition) is 2. The summed E-state index contributed by atoms with van der Waals surface area (Å²) in [4.78, 5) is 10.7. The molecule has 29 heavy (non-hydrogen) atoms. The van der Waals surface area contributed by atoms with E-state index in [-0.39, 0.29) is 6.10 Å². The van der Waals surface area contributed by atoms with E-state index >= 15 is 0 Å². The zero-order valence-corrected chi connectivity index (χ0v) is 17.2. The molecule has 0 aliphatic carbocycles. The number of likely N-dealkylation sites (tertiary alicyclic amines) is 1. The van der Waals surface area contributed by atoms with E-state index in [0.29, 0.717) is 17.6 Å². The first-order valence-electron chi connectivity index (χ1n) is 10.2. The van der Waals surface area contributed by atoms with Crippen molar-refractivity contribution in [1.29, 1.82) is 0 Å². The first-order chi connectivity index (χ1) is 14.1. The highest BCUT2D eigenvalue weighted by Crippen LogP contribution is 2.36. The van der Waals surface area contributed by atoms with Crippen LogP contribution < -0.4 is 10.1 Å². The number of aromatic nitrogens is 4. The molecule has 1 aliphatic heterocycles. The monoisotopic (exact) mass is 392 g/mol. The van der Waals surface area contributed by atoms with Crippen LogP contribution in [-0.4, -0.2) is 51.3 Å². The van der Waals surface area contributed by atoms with E-state index in [1.807, 2.05) is 6.07 Å². The van der Waals surface area contributed by atoms with Crippen LogP contribution >= 0.6 is 0 Å². The number of H-pyrrole nitrogens is 1. The molecule has 152 valence electrons. The second-order valence-electron chi connectivity index (χ2n) is 7.88. The van der Waals surface area contributed by atoms with Gasteiger partial charge < -0.3 is 15.0 Å². The Morgan fingerprint density at radius 1 is 1.14 bits per heavy atom. The van der Waals surface area contributed by atoms with Crippen LogP contribution in [0.25, 0.3) is 11.3 Å². The van der Waals surface area contributed by atoms with Gasteiger partial charge in [0.1, 0.15) is 11.6 Å². The molecule has 1 aliphatic rings. The Labute approximate surface area is 171 Å². The summed E-state index contributed by atoms with van der Waals surface area (Å²) in [7, 11) is 2.19. The van der Waals surface area contributed by atoms with Crippen molar-refractivity contribution in [2.24, 2.45) is 0 Å². The van der Waals surface area contributed by atoms with Crippen molar-refractivity contribution in [3.63, 3.8) is 0 Å². The molecule has 0 radical (unpaired) electrons. The number of anilines is 2. The van der Waals surface area contributed by atoms with Crippen molar-refractivity contribution < 1.29 is 4.74 Å². The van der Waals surface area contributed by atoms with Crippen molar-refractivity contribution >= 4 is 11.6 Å². The van der Waals surface area contributed by atoms with Gasteiger partial charge in [-0.15, -0.1) is 0 Å². The van der Waals surface area contributed by atoms with Crippen LogP contribution in [0.1, 0.15) is 38.2 Å². The van der Waals surface area contributed by atoms with Gasteiger partial charge in [-0.1, -0.05) is 6.07 Å². The molecule has 0 bridgehead atoms. The summed E-state index contributed by atoms with van der Waals surface area (Å²) in [5, 5.41) is 10.6. The quantitative estimate of drug-likeness (QED) is 0.654. The van der Waals surface area contributed by atoms with Crippen LogP contribution in [-0.2, 0) is 0 Å². The van der Waals surface area contributed by atoms with Gasteiger partial charge in [0, 0.05) is 24.0 Å². The third kappa shape index (κ3) is 4.74. The molecule has 2 aromatic heterocycles. The van der Waals surface area contributed by atoms with E-state index in [1.165, 1.54) is 18.4 Å². The van der Waals surface area contributed by atoms with Crippen LogP contribution in [0.3, 0.4) is 0 Å². The fourth-order valence-corrected chi connectivity index (χ4v) is 3.73. The number of aromatic amines is 1. The van der Waals surface area contributed by atoms with Crippen molar-refractivity contribution in [1.82, 2.24) is 25.1 Å². The maximum Gasteiger partial charge on any atom is 0.153 e. The molecule has 1 aromatic carbocycles.